The van der Waals surface area contributed by atoms with E-state index >= 15 is 0 Å². The fraction of sp³-hybridized carbons (Fsp3) is 0. The molecule has 0 fully saturated rings. The van der Waals surface area contributed by atoms with Gasteiger partial charge in [0.1, 0.15) is 5.65 Å². The van der Waals surface area contributed by atoms with E-state index in [2.05, 4.69) is 161 Å². The summed E-state index contributed by atoms with van der Waals surface area (Å²) in [4.78, 5) is 15.2. The molecule has 0 atom stereocenters. The first-order chi connectivity index (χ1) is 26.8. The highest BCUT2D eigenvalue weighted by Gasteiger charge is 2.18. The molecule has 0 radical (unpaired) electrons. The second kappa shape index (κ2) is 12.1. The Bertz CT molecular complexity index is 3200. The zero-order valence-electron chi connectivity index (χ0n) is 29.1. The van der Waals surface area contributed by atoms with E-state index in [4.69, 9.17) is 15.0 Å². The molecule has 0 spiro atoms. The molecule has 11 aromatic rings. The molecule has 0 bridgehead atoms. The lowest BCUT2D eigenvalue weighted by Gasteiger charge is -2.11. The molecule has 252 valence electrons. The number of benzene rings is 7. The molecule has 0 N–H and O–H groups in total. The first kappa shape index (κ1) is 30.3. The normalized spacial score (nSPS) is 11.7. The summed E-state index contributed by atoms with van der Waals surface area (Å²) in [7, 11) is 0. The molecule has 4 aromatic heterocycles. The fourth-order valence-electron chi connectivity index (χ4n) is 8.05. The molecule has 11 rings (SSSR count). The molecule has 0 saturated carbocycles. The molecule has 5 nitrogen and oxygen atoms in total. The zero-order valence-corrected chi connectivity index (χ0v) is 29.1. The van der Waals surface area contributed by atoms with Crippen LogP contribution in [0, 0.1) is 0 Å². The number of fused-ring (bicyclic) bond motifs is 7. The molecular weight excluding hydrogens is 659 g/mol. The van der Waals surface area contributed by atoms with Crippen molar-refractivity contribution in [1.29, 1.82) is 0 Å². The fourth-order valence-corrected chi connectivity index (χ4v) is 8.05. The van der Waals surface area contributed by atoms with Crippen molar-refractivity contribution < 1.29 is 0 Å². The number of hydrogen-bond donors (Lipinski definition) is 0. The van der Waals surface area contributed by atoms with Gasteiger partial charge < -0.3 is 4.57 Å². The first-order valence-electron chi connectivity index (χ1n) is 18.2. The molecule has 0 aliphatic carbocycles. The van der Waals surface area contributed by atoms with Crippen molar-refractivity contribution in [2.75, 3.05) is 0 Å². The minimum atomic E-state index is 0.702. The van der Waals surface area contributed by atoms with E-state index in [1.165, 1.54) is 21.8 Å². The number of hydrogen-bond acceptors (Lipinski definition) is 3. The lowest BCUT2D eigenvalue weighted by molar-refractivity contribution is 1.13. The topological polar surface area (TPSA) is 48.5 Å². The number of para-hydroxylation sites is 4. The van der Waals surface area contributed by atoms with Crippen molar-refractivity contribution in [3.05, 3.63) is 188 Å². The standard InChI is InChI=1S/C49H31N5/c1-3-13-32(14-4-1)47-40-19-7-10-20-43(40)51-48(52-47)33-23-26-37(27-24-33)54-45-22-12-9-18-39(45)42-30-35(31-50-49(42)54)34-25-28-46-41(29-34)38-17-8-11-21-44(38)53(46)36-15-5-2-6-16-36/h1-31H. The van der Waals surface area contributed by atoms with E-state index in [0.29, 0.717) is 5.82 Å². The maximum absolute atomic E-state index is 5.16. The third kappa shape index (κ3) is 4.76. The Balaban J connectivity index is 1.02. The van der Waals surface area contributed by atoms with Crippen LogP contribution in [0.4, 0.5) is 0 Å². The van der Waals surface area contributed by atoms with E-state index in [0.717, 1.165) is 72.2 Å². The average molecular weight is 690 g/mol. The van der Waals surface area contributed by atoms with E-state index in [1.807, 2.05) is 36.5 Å². The summed E-state index contributed by atoms with van der Waals surface area (Å²) in [6, 6.07) is 64.0. The summed E-state index contributed by atoms with van der Waals surface area (Å²) in [5.74, 6) is 0.702. The number of aromatic nitrogens is 5. The lowest BCUT2D eigenvalue weighted by atomic mass is 10.0. The van der Waals surface area contributed by atoms with Gasteiger partial charge in [0.25, 0.3) is 0 Å². The zero-order chi connectivity index (χ0) is 35.6. The van der Waals surface area contributed by atoms with Crippen LogP contribution in [0.15, 0.2) is 188 Å². The van der Waals surface area contributed by atoms with Crippen LogP contribution >= 0.6 is 0 Å². The molecule has 7 aromatic carbocycles. The Morgan fingerprint density at radius 2 is 0.926 bits per heavy atom. The van der Waals surface area contributed by atoms with Gasteiger partial charge >= 0.3 is 0 Å². The van der Waals surface area contributed by atoms with E-state index < -0.39 is 0 Å². The van der Waals surface area contributed by atoms with Gasteiger partial charge in [-0.25, -0.2) is 15.0 Å². The van der Waals surface area contributed by atoms with Crippen LogP contribution in [-0.4, -0.2) is 24.1 Å². The van der Waals surface area contributed by atoms with Crippen LogP contribution in [0.3, 0.4) is 0 Å². The number of nitrogens with zero attached hydrogens (tertiary/aromatic N) is 5. The SMILES string of the molecule is c1ccc(-c2nc(-c3ccc(-n4c5ccccc5c5cc(-c6ccc7c(c6)c6ccccc6n7-c6ccccc6)cnc54)cc3)nc3ccccc23)cc1. The Kier molecular flexibility index (Phi) is 6.79. The lowest BCUT2D eigenvalue weighted by Crippen LogP contribution is -1.97. The Labute approximate surface area is 311 Å². The van der Waals surface area contributed by atoms with Gasteiger partial charge in [0.2, 0.25) is 0 Å². The van der Waals surface area contributed by atoms with E-state index in [-0.39, 0.29) is 0 Å². The Morgan fingerprint density at radius 3 is 1.70 bits per heavy atom. The van der Waals surface area contributed by atoms with Gasteiger partial charge in [0, 0.05) is 61.2 Å². The van der Waals surface area contributed by atoms with Gasteiger partial charge in [-0.1, -0.05) is 109 Å². The van der Waals surface area contributed by atoms with Gasteiger partial charge in [-0.3, -0.25) is 4.57 Å². The highest BCUT2D eigenvalue weighted by Crippen LogP contribution is 2.38. The minimum Gasteiger partial charge on any atom is -0.309 e. The van der Waals surface area contributed by atoms with Gasteiger partial charge in [0.05, 0.1) is 27.8 Å². The molecule has 5 heteroatoms. The number of rotatable bonds is 5. The van der Waals surface area contributed by atoms with Gasteiger partial charge in [0.15, 0.2) is 5.82 Å². The summed E-state index contributed by atoms with van der Waals surface area (Å²) in [6.07, 6.45) is 2.01. The monoisotopic (exact) mass is 689 g/mol. The third-order valence-electron chi connectivity index (χ3n) is 10.6. The number of pyridine rings is 1. The molecule has 0 aliphatic rings. The van der Waals surface area contributed by atoms with Crippen molar-refractivity contribution in [3.63, 3.8) is 0 Å². The predicted molar refractivity (Wildman–Crippen MR) is 222 cm³/mol. The van der Waals surface area contributed by atoms with Crippen LogP contribution < -0.4 is 0 Å². The molecule has 0 amide bonds. The molecule has 0 saturated heterocycles. The maximum atomic E-state index is 5.16. The van der Waals surface area contributed by atoms with Crippen LogP contribution in [0.1, 0.15) is 0 Å². The summed E-state index contributed by atoms with van der Waals surface area (Å²) in [5, 5.41) is 5.78. The molecule has 0 unspecified atom stereocenters. The van der Waals surface area contributed by atoms with Crippen LogP contribution in [0.25, 0.3) is 99.8 Å². The summed E-state index contributed by atoms with van der Waals surface area (Å²) in [6.45, 7) is 0. The van der Waals surface area contributed by atoms with Crippen molar-refractivity contribution in [2.24, 2.45) is 0 Å². The largest absolute Gasteiger partial charge is 0.309 e. The average Bonchev–Trinajstić information content (AvgIpc) is 3.76. The quantitative estimate of drug-likeness (QED) is 0.181. The van der Waals surface area contributed by atoms with Gasteiger partial charge in [-0.05, 0) is 78.4 Å². The third-order valence-corrected chi connectivity index (χ3v) is 10.6. The summed E-state index contributed by atoms with van der Waals surface area (Å²) >= 11 is 0. The molecule has 54 heavy (non-hydrogen) atoms. The molecular formula is C49H31N5. The van der Waals surface area contributed by atoms with E-state index in [9.17, 15) is 0 Å². The summed E-state index contributed by atoms with van der Waals surface area (Å²) in [5.41, 5.74) is 12.7. The predicted octanol–water partition coefficient (Wildman–Crippen LogP) is 12.2. The Hall–Kier alpha value is -7.37. The van der Waals surface area contributed by atoms with Crippen molar-refractivity contribution in [2.45, 2.75) is 0 Å². The van der Waals surface area contributed by atoms with Crippen LogP contribution in [-0.2, 0) is 0 Å². The highest BCUT2D eigenvalue weighted by molar-refractivity contribution is 6.12. The second-order valence-corrected chi connectivity index (χ2v) is 13.7. The Morgan fingerprint density at radius 1 is 0.352 bits per heavy atom. The van der Waals surface area contributed by atoms with Crippen LogP contribution in [0.5, 0.6) is 0 Å². The maximum Gasteiger partial charge on any atom is 0.160 e. The molecule has 4 heterocycles. The van der Waals surface area contributed by atoms with Crippen molar-refractivity contribution in [1.82, 2.24) is 24.1 Å². The first-order valence-corrected chi connectivity index (χ1v) is 18.2. The smallest absolute Gasteiger partial charge is 0.160 e. The van der Waals surface area contributed by atoms with Crippen molar-refractivity contribution in [3.8, 4) is 45.1 Å². The van der Waals surface area contributed by atoms with Gasteiger partial charge in [-0.2, -0.15) is 0 Å². The minimum absolute atomic E-state index is 0.702. The summed E-state index contributed by atoms with van der Waals surface area (Å²) < 4.78 is 4.61. The van der Waals surface area contributed by atoms with Crippen LogP contribution in [0.2, 0.25) is 0 Å². The highest BCUT2D eigenvalue weighted by atomic mass is 15.0. The van der Waals surface area contributed by atoms with Gasteiger partial charge in [-0.15, -0.1) is 0 Å². The second-order valence-electron chi connectivity index (χ2n) is 13.7. The molecule has 0 aliphatic heterocycles. The van der Waals surface area contributed by atoms with E-state index in [1.54, 1.807) is 0 Å². The van der Waals surface area contributed by atoms with Crippen molar-refractivity contribution >= 4 is 54.6 Å².